The number of benzene rings is 4. The molecule has 0 unspecified atom stereocenters. The first kappa shape index (κ1) is 28.8. The highest BCUT2D eigenvalue weighted by Gasteiger charge is 2.31. The van der Waals surface area contributed by atoms with Crippen LogP contribution in [0.3, 0.4) is 0 Å². The molecule has 9 heteroatoms. The first-order chi connectivity index (χ1) is 19.9. The van der Waals surface area contributed by atoms with Crippen molar-refractivity contribution in [1.29, 1.82) is 0 Å². The Kier molecular flexibility index (Phi) is 9.69. The van der Waals surface area contributed by atoms with Crippen LogP contribution < -0.4 is 15.5 Å². The molecule has 4 rings (SSSR count). The van der Waals surface area contributed by atoms with Crippen molar-refractivity contribution in [2.75, 3.05) is 5.32 Å². The van der Waals surface area contributed by atoms with Gasteiger partial charge in [0, 0.05) is 28.3 Å². The Morgan fingerprint density at radius 1 is 0.878 bits per heavy atom. The molecule has 4 aromatic carbocycles. The van der Waals surface area contributed by atoms with Gasteiger partial charge in [-0.25, -0.2) is 10.3 Å². The molecule has 0 radical (unpaired) electrons. The number of anilines is 1. The molecule has 0 fully saturated rings. The lowest BCUT2D eigenvalue weighted by molar-refractivity contribution is -0.124. The zero-order chi connectivity index (χ0) is 29.2. The Morgan fingerprint density at radius 2 is 1.56 bits per heavy atom. The van der Waals surface area contributed by atoms with Crippen molar-refractivity contribution < 1.29 is 34.2 Å². The number of hydrogen-bond donors (Lipinski definition) is 4. The number of ketones is 1. The van der Waals surface area contributed by atoms with Crippen molar-refractivity contribution in [3.63, 3.8) is 0 Å². The van der Waals surface area contributed by atoms with E-state index in [2.05, 4.69) is 5.32 Å². The molecule has 4 aromatic rings. The van der Waals surface area contributed by atoms with Crippen LogP contribution in [-0.4, -0.2) is 34.2 Å². The van der Waals surface area contributed by atoms with E-state index in [1.807, 2.05) is 30.3 Å². The van der Waals surface area contributed by atoms with E-state index in [9.17, 15) is 19.5 Å². The summed E-state index contributed by atoms with van der Waals surface area (Å²) in [5, 5.41) is 23.2. The molecule has 0 aliphatic heterocycles. The fourth-order valence-electron chi connectivity index (χ4n) is 4.38. The SMILES string of the molecule is CC(=O)c1ccc(NC(=O)O[C@H](c2ccc(O)c3ccccc23)[C@@H](CC/C=C/C(=O)NO)Oc2ccccc2)cc1. The van der Waals surface area contributed by atoms with Crippen LogP contribution in [0.1, 0.15) is 41.8 Å². The van der Waals surface area contributed by atoms with E-state index in [0.717, 1.165) is 0 Å². The summed E-state index contributed by atoms with van der Waals surface area (Å²) in [5.74, 6) is -0.133. The van der Waals surface area contributed by atoms with Gasteiger partial charge in [0.05, 0.1) is 0 Å². The van der Waals surface area contributed by atoms with Crippen LogP contribution in [0, 0.1) is 0 Å². The van der Waals surface area contributed by atoms with E-state index >= 15 is 0 Å². The molecular weight excluding hydrogens is 524 g/mol. The van der Waals surface area contributed by atoms with Gasteiger partial charge in [-0.15, -0.1) is 0 Å². The second-order valence-corrected chi connectivity index (χ2v) is 9.23. The average Bonchev–Trinajstić information content (AvgIpc) is 2.99. The average molecular weight is 555 g/mol. The van der Waals surface area contributed by atoms with Gasteiger partial charge in [-0.2, -0.15) is 0 Å². The van der Waals surface area contributed by atoms with Crippen molar-refractivity contribution >= 4 is 34.2 Å². The summed E-state index contributed by atoms with van der Waals surface area (Å²) in [6.45, 7) is 1.46. The molecule has 2 amide bonds. The highest BCUT2D eigenvalue weighted by molar-refractivity contribution is 5.95. The maximum absolute atomic E-state index is 13.2. The number of hydrogen-bond acceptors (Lipinski definition) is 7. The predicted molar refractivity (Wildman–Crippen MR) is 154 cm³/mol. The Balaban J connectivity index is 1.70. The van der Waals surface area contributed by atoms with Crippen molar-refractivity contribution in [2.45, 2.75) is 32.0 Å². The smallest absolute Gasteiger partial charge is 0.412 e. The molecule has 4 N–H and O–H groups in total. The number of para-hydroxylation sites is 1. The fraction of sp³-hybridized carbons (Fsp3) is 0.156. The molecular formula is C32H30N2O7. The van der Waals surface area contributed by atoms with Gasteiger partial charge in [-0.3, -0.25) is 20.1 Å². The number of phenolic OH excluding ortho intramolecular Hbond substituents is 1. The molecule has 0 saturated heterocycles. The lowest BCUT2D eigenvalue weighted by Crippen LogP contribution is -2.31. The summed E-state index contributed by atoms with van der Waals surface area (Å²) in [7, 11) is 0. The normalized spacial score (nSPS) is 12.4. The summed E-state index contributed by atoms with van der Waals surface area (Å²) in [5.41, 5.74) is 3.11. The van der Waals surface area contributed by atoms with Gasteiger partial charge in [0.15, 0.2) is 11.9 Å². The minimum absolute atomic E-state index is 0.0802. The number of carbonyl (C=O) groups is 3. The van der Waals surface area contributed by atoms with Crippen molar-refractivity contribution in [3.05, 3.63) is 114 Å². The quantitative estimate of drug-likeness (QED) is 0.0737. The zero-order valence-corrected chi connectivity index (χ0v) is 22.3. The Hall–Kier alpha value is -5.15. The first-order valence-corrected chi connectivity index (χ1v) is 13.0. The van der Waals surface area contributed by atoms with E-state index in [0.29, 0.717) is 46.2 Å². The van der Waals surface area contributed by atoms with Gasteiger partial charge in [0.1, 0.15) is 17.6 Å². The first-order valence-electron chi connectivity index (χ1n) is 13.0. The molecule has 210 valence electrons. The van der Waals surface area contributed by atoms with Gasteiger partial charge >= 0.3 is 6.09 Å². The minimum atomic E-state index is -0.947. The maximum Gasteiger partial charge on any atom is 0.412 e. The van der Waals surface area contributed by atoms with Gasteiger partial charge in [0.2, 0.25) is 0 Å². The number of aromatic hydroxyl groups is 1. The molecule has 0 bridgehead atoms. The number of allylic oxidation sites excluding steroid dienone is 1. The van der Waals surface area contributed by atoms with Crippen molar-refractivity contribution in [3.8, 4) is 11.5 Å². The molecule has 9 nitrogen and oxygen atoms in total. The van der Waals surface area contributed by atoms with Gasteiger partial charge < -0.3 is 14.6 Å². The van der Waals surface area contributed by atoms with Crippen LogP contribution in [0.25, 0.3) is 10.8 Å². The number of phenols is 1. The minimum Gasteiger partial charge on any atom is -0.507 e. The predicted octanol–water partition coefficient (Wildman–Crippen LogP) is 6.33. The van der Waals surface area contributed by atoms with Crippen LogP contribution in [0.2, 0.25) is 0 Å². The lowest BCUT2D eigenvalue weighted by Gasteiger charge is -2.29. The number of amides is 2. The Morgan fingerprint density at radius 3 is 2.24 bits per heavy atom. The van der Waals surface area contributed by atoms with E-state index in [1.54, 1.807) is 66.2 Å². The third-order valence-corrected chi connectivity index (χ3v) is 6.38. The third kappa shape index (κ3) is 7.71. The summed E-state index contributed by atoms with van der Waals surface area (Å²) in [6.07, 6.45) is 1.03. The van der Waals surface area contributed by atoms with Crippen LogP contribution >= 0.6 is 0 Å². The van der Waals surface area contributed by atoms with Crippen LogP contribution in [0.15, 0.2) is 103 Å². The Labute approximate surface area is 237 Å². The second-order valence-electron chi connectivity index (χ2n) is 9.23. The molecule has 41 heavy (non-hydrogen) atoms. The van der Waals surface area contributed by atoms with Gasteiger partial charge in [-0.05, 0) is 67.6 Å². The standard InChI is InChI=1S/C32H30N2O7/c1-21(35)22-15-17-23(18-16-22)33-32(38)41-31(27-19-20-28(36)26-12-6-5-11-25(26)27)29(13-7-8-14-30(37)34-39)40-24-9-3-2-4-10-24/h2-6,8-12,14-20,29,31,36,39H,7,13H2,1H3,(H,33,38)(H,34,37)/b14-8+/t29-,31-/m1/s1. The molecule has 0 aliphatic carbocycles. The zero-order valence-electron chi connectivity index (χ0n) is 22.3. The van der Waals surface area contributed by atoms with Gasteiger partial charge in [0.25, 0.3) is 5.91 Å². The number of fused-ring (bicyclic) bond motifs is 1. The highest BCUT2D eigenvalue weighted by atomic mass is 16.6. The second kappa shape index (κ2) is 13.8. The number of carbonyl (C=O) groups excluding carboxylic acids is 3. The van der Waals surface area contributed by atoms with E-state index < -0.39 is 24.2 Å². The molecule has 2 atom stereocenters. The fourth-order valence-corrected chi connectivity index (χ4v) is 4.38. The molecule has 0 aromatic heterocycles. The summed E-state index contributed by atoms with van der Waals surface area (Å²) >= 11 is 0. The molecule has 0 aliphatic rings. The topological polar surface area (TPSA) is 134 Å². The maximum atomic E-state index is 13.2. The number of rotatable bonds is 11. The van der Waals surface area contributed by atoms with Crippen molar-refractivity contribution in [2.24, 2.45) is 0 Å². The van der Waals surface area contributed by atoms with Gasteiger partial charge in [-0.1, -0.05) is 54.6 Å². The number of nitrogens with one attached hydrogen (secondary N) is 2. The monoisotopic (exact) mass is 554 g/mol. The largest absolute Gasteiger partial charge is 0.507 e. The van der Waals surface area contributed by atoms with Crippen molar-refractivity contribution in [1.82, 2.24) is 5.48 Å². The number of ether oxygens (including phenoxy) is 2. The van der Waals surface area contributed by atoms with E-state index in [-0.39, 0.29) is 11.5 Å². The van der Waals surface area contributed by atoms with Crippen LogP contribution in [-0.2, 0) is 9.53 Å². The highest BCUT2D eigenvalue weighted by Crippen LogP contribution is 2.36. The summed E-state index contributed by atoms with van der Waals surface area (Å²) < 4.78 is 12.4. The number of Topliss-reactive ketones (excluding diaryl/α,β-unsaturated/α-hetero) is 1. The number of hydroxylamine groups is 1. The summed E-state index contributed by atoms with van der Waals surface area (Å²) in [6, 6.07) is 25.9. The van der Waals surface area contributed by atoms with Crippen LogP contribution in [0.4, 0.5) is 10.5 Å². The molecule has 0 spiro atoms. The van der Waals surface area contributed by atoms with Crippen LogP contribution in [0.5, 0.6) is 11.5 Å². The molecule has 0 heterocycles. The summed E-state index contributed by atoms with van der Waals surface area (Å²) in [4.78, 5) is 36.3. The van der Waals surface area contributed by atoms with E-state index in [1.165, 1.54) is 19.1 Å². The van der Waals surface area contributed by atoms with E-state index in [4.69, 9.17) is 14.7 Å². The Bertz CT molecular complexity index is 1540. The lowest BCUT2D eigenvalue weighted by atomic mass is 9.94. The third-order valence-electron chi connectivity index (χ3n) is 6.38. The molecule has 0 saturated carbocycles.